The van der Waals surface area contributed by atoms with Gasteiger partial charge < -0.3 is 15.9 Å². The molecule has 3 atom stereocenters. The maximum atomic E-state index is 12.5. The monoisotopic (exact) mass is 406 g/mol. The third kappa shape index (κ3) is 2.54. The Morgan fingerprint density at radius 3 is 2.71 bits per heavy atom. The normalized spacial score (nSPS) is 34.2. The predicted molar refractivity (Wildman–Crippen MR) is 106 cm³/mol. The lowest BCUT2D eigenvalue weighted by Crippen LogP contribution is -2.73. The van der Waals surface area contributed by atoms with E-state index in [2.05, 4.69) is 4.90 Å². The minimum atomic E-state index is -1.06. The zero-order valence-electron chi connectivity index (χ0n) is 15.8. The number of piperidine rings is 1. The summed E-state index contributed by atoms with van der Waals surface area (Å²) < 4.78 is 0. The molecule has 3 unspecified atom stereocenters. The van der Waals surface area contributed by atoms with Gasteiger partial charge in [-0.1, -0.05) is 6.07 Å². The fourth-order valence-electron chi connectivity index (χ4n) is 6.05. The summed E-state index contributed by atoms with van der Waals surface area (Å²) in [5.41, 5.74) is 5.16. The van der Waals surface area contributed by atoms with Gasteiger partial charge in [-0.2, -0.15) is 0 Å². The number of amides is 1. The second kappa shape index (κ2) is 6.44. The Labute approximate surface area is 170 Å². The van der Waals surface area contributed by atoms with Crippen LogP contribution in [0, 0.1) is 5.92 Å². The van der Waals surface area contributed by atoms with Gasteiger partial charge in [0.25, 0.3) is 5.91 Å². The lowest BCUT2D eigenvalue weighted by molar-refractivity contribution is -0.173. The number of benzene rings is 1. The van der Waals surface area contributed by atoms with Crippen molar-refractivity contribution in [3.8, 4) is 5.75 Å². The number of aromatic hydroxyl groups is 1. The molecule has 0 radical (unpaired) electrons. The smallest absolute Gasteiger partial charge is 0.252 e. The first-order valence-electron chi connectivity index (χ1n) is 9.99. The molecule has 0 aromatic heterocycles. The van der Waals surface area contributed by atoms with Gasteiger partial charge in [0.05, 0.1) is 11.2 Å². The van der Waals surface area contributed by atoms with Gasteiger partial charge >= 0.3 is 0 Å². The molecule has 28 heavy (non-hydrogen) atoms. The van der Waals surface area contributed by atoms with Crippen molar-refractivity contribution in [2.24, 2.45) is 11.7 Å². The van der Waals surface area contributed by atoms with Crippen molar-refractivity contribution in [1.29, 1.82) is 0 Å². The highest BCUT2D eigenvalue weighted by atomic mass is 35.5. The number of fused-ring (bicyclic) bond motifs is 1. The van der Waals surface area contributed by atoms with Crippen LogP contribution in [0.5, 0.6) is 5.75 Å². The van der Waals surface area contributed by atoms with E-state index in [1.54, 1.807) is 6.07 Å². The first-order chi connectivity index (χ1) is 12.9. The molecule has 1 heterocycles. The molecule has 2 saturated carbocycles. The molecule has 152 valence electrons. The largest absolute Gasteiger partial charge is 0.507 e. The maximum absolute atomic E-state index is 12.5. The minimum Gasteiger partial charge on any atom is -0.507 e. The third-order valence-electron chi connectivity index (χ3n) is 7.54. The summed E-state index contributed by atoms with van der Waals surface area (Å²) in [7, 11) is 0. The quantitative estimate of drug-likeness (QED) is 0.708. The van der Waals surface area contributed by atoms with Gasteiger partial charge in [-0.25, -0.2) is 0 Å². The van der Waals surface area contributed by atoms with Gasteiger partial charge in [0.2, 0.25) is 0 Å². The van der Waals surface area contributed by atoms with E-state index in [1.165, 1.54) is 12.8 Å². The standard InChI is InChI=1S/C21H26N2O4.ClH/c22-19(26)15-4-3-13-9-16-21(27)6-5-14(24)10-20(21,17(13)18(15)25)7-8-23(16)11-12-1-2-12;/h3-4,12,16,25,27H,1-2,5-11H2,(H2,22,26);1H. The summed E-state index contributed by atoms with van der Waals surface area (Å²) in [5.74, 6) is 0.0112. The van der Waals surface area contributed by atoms with Gasteiger partial charge in [-0.05, 0) is 56.2 Å². The van der Waals surface area contributed by atoms with E-state index in [0.29, 0.717) is 31.2 Å². The Balaban J connectivity index is 0.00000192. The molecular weight excluding hydrogens is 380 g/mol. The van der Waals surface area contributed by atoms with E-state index in [9.17, 15) is 19.8 Å². The predicted octanol–water partition coefficient (Wildman–Crippen LogP) is 1.68. The molecule has 6 nitrogen and oxygen atoms in total. The molecule has 1 aliphatic heterocycles. The second-order valence-electron chi connectivity index (χ2n) is 8.99. The third-order valence-corrected chi connectivity index (χ3v) is 7.54. The highest BCUT2D eigenvalue weighted by Gasteiger charge is 2.65. The van der Waals surface area contributed by atoms with Crippen molar-refractivity contribution in [3.63, 3.8) is 0 Å². The number of rotatable bonds is 3. The molecule has 3 aliphatic carbocycles. The lowest BCUT2D eigenvalue weighted by Gasteiger charge is -2.63. The SMILES string of the molecule is Cl.NC(=O)c1ccc2c(c1O)C13CCN(CC4CC4)C(C2)C1(O)CCC(=O)C3. The van der Waals surface area contributed by atoms with Crippen molar-refractivity contribution >= 4 is 24.1 Å². The molecule has 2 bridgehead atoms. The molecule has 1 saturated heterocycles. The Hall–Kier alpha value is -1.63. The van der Waals surface area contributed by atoms with Crippen molar-refractivity contribution < 1.29 is 19.8 Å². The second-order valence-corrected chi connectivity index (χ2v) is 8.99. The minimum absolute atomic E-state index is 0. The van der Waals surface area contributed by atoms with E-state index in [4.69, 9.17) is 5.73 Å². The molecule has 1 amide bonds. The number of Topliss-reactive ketones (excluding diaryl/α,β-unsaturated/α-hetero) is 1. The molecular formula is C21H27ClN2O4. The summed E-state index contributed by atoms with van der Waals surface area (Å²) >= 11 is 0. The molecule has 4 N–H and O–H groups in total. The van der Waals surface area contributed by atoms with Crippen LogP contribution in [0.15, 0.2) is 12.1 Å². The van der Waals surface area contributed by atoms with E-state index in [1.807, 2.05) is 6.07 Å². The number of nitrogens with zero attached hydrogens (tertiary/aromatic N) is 1. The van der Waals surface area contributed by atoms with Crippen LogP contribution in [0.1, 0.15) is 60.0 Å². The summed E-state index contributed by atoms with van der Waals surface area (Å²) in [4.78, 5) is 26.7. The summed E-state index contributed by atoms with van der Waals surface area (Å²) in [6.07, 6.45) is 4.76. The lowest BCUT2D eigenvalue weighted by atomic mass is 9.49. The molecule has 3 fully saturated rings. The number of primary amides is 1. The summed E-state index contributed by atoms with van der Waals surface area (Å²) in [5, 5.41) is 22.9. The summed E-state index contributed by atoms with van der Waals surface area (Å²) in [6, 6.07) is 3.37. The number of nitrogens with two attached hydrogens (primary N) is 1. The van der Waals surface area contributed by atoms with Crippen LogP contribution in [0.25, 0.3) is 0 Å². The van der Waals surface area contributed by atoms with Crippen LogP contribution in [0.3, 0.4) is 0 Å². The average Bonchev–Trinajstić information content (AvgIpc) is 3.42. The van der Waals surface area contributed by atoms with E-state index in [0.717, 1.165) is 24.6 Å². The molecule has 0 spiro atoms. The van der Waals surface area contributed by atoms with E-state index in [-0.39, 0.29) is 42.0 Å². The number of carbonyl (C=O) groups is 2. The van der Waals surface area contributed by atoms with Crippen molar-refractivity contribution in [1.82, 2.24) is 4.90 Å². The van der Waals surface area contributed by atoms with Crippen LogP contribution in [0.4, 0.5) is 0 Å². The fraction of sp³-hybridized carbons (Fsp3) is 0.619. The Morgan fingerprint density at radius 2 is 2.04 bits per heavy atom. The molecule has 1 aromatic carbocycles. The van der Waals surface area contributed by atoms with Gasteiger partial charge in [-0.3, -0.25) is 14.5 Å². The number of hydrogen-bond donors (Lipinski definition) is 3. The molecule has 4 aliphatic rings. The number of aliphatic hydroxyl groups is 1. The number of ketones is 1. The van der Waals surface area contributed by atoms with Gasteiger partial charge in [0.1, 0.15) is 11.5 Å². The highest BCUT2D eigenvalue weighted by Crippen LogP contribution is 2.60. The average molecular weight is 407 g/mol. The first-order valence-corrected chi connectivity index (χ1v) is 9.99. The molecule has 1 aromatic rings. The van der Waals surface area contributed by atoms with Gasteiger partial charge in [0.15, 0.2) is 0 Å². The van der Waals surface area contributed by atoms with Gasteiger partial charge in [-0.15, -0.1) is 12.4 Å². The number of halogens is 1. The maximum Gasteiger partial charge on any atom is 0.252 e. The number of carbonyl (C=O) groups excluding carboxylic acids is 2. The van der Waals surface area contributed by atoms with Crippen LogP contribution >= 0.6 is 12.4 Å². The topological polar surface area (TPSA) is 104 Å². The fourth-order valence-corrected chi connectivity index (χ4v) is 6.05. The van der Waals surface area contributed by atoms with Crippen molar-refractivity contribution in [3.05, 3.63) is 28.8 Å². The van der Waals surface area contributed by atoms with Crippen LogP contribution in [0.2, 0.25) is 0 Å². The molecule has 5 rings (SSSR count). The van der Waals surface area contributed by atoms with Crippen LogP contribution in [-0.4, -0.2) is 51.5 Å². The van der Waals surface area contributed by atoms with Crippen molar-refractivity contribution in [2.75, 3.05) is 13.1 Å². The van der Waals surface area contributed by atoms with Crippen molar-refractivity contribution in [2.45, 2.75) is 62.0 Å². The molecule has 7 heteroatoms. The number of likely N-dealkylation sites (tertiary alicyclic amines) is 1. The van der Waals surface area contributed by atoms with Crippen LogP contribution in [-0.2, 0) is 16.6 Å². The Kier molecular flexibility index (Phi) is 4.53. The van der Waals surface area contributed by atoms with E-state index < -0.39 is 16.9 Å². The van der Waals surface area contributed by atoms with Gasteiger partial charge in [0, 0.05) is 36.4 Å². The Bertz CT molecular complexity index is 855. The van der Waals surface area contributed by atoms with E-state index >= 15 is 0 Å². The van der Waals surface area contributed by atoms with Crippen LogP contribution < -0.4 is 5.73 Å². The Morgan fingerprint density at radius 1 is 1.29 bits per heavy atom. The number of hydrogen-bond acceptors (Lipinski definition) is 5. The first kappa shape index (κ1) is 19.7. The summed E-state index contributed by atoms with van der Waals surface area (Å²) in [6.45, 7) is 1.80. The zero-order chi connectivity index (χ0) is 19.0. The number of phenols is 1. The zero-order valence-corrected chi connectivity index (χ0v) is 16.6. The highest BCUT2D eigenvalue weighted by molar-refractivity contribution is 5.96.